The molecule has 9 heteroatoms. The van der Waals surface area contributed by atoms with E-state index in [1.807, 2.05) is 0 Å². The molecule has 5 rings (SSSR count). The molecule has 2 aliphatic rings. The van der Waals surface area contributed by atoms with E-state index in [0.717, 1.165) is 80.0 Å². The van der Waals surface area contributed by atoms with Gasteiger partial charge in [-0.3, -0.25) is 9.78 Å². The molecule has 6 nitrogen and oxygen atoms in total. The number of nitrogen functional groups attached to an aromatic ring is 1. The molecule has 1 fully saturated rings. The van der Waals surface area contributed by atoms with Gasteiger partial charge in [0.25, 0.3) is 5.91 Å². The molecule has 1 aliphatic carbocycles. The number of carbonyl (C=O) groups is 1. The largest absolute Gasteiger partial charge is 0.389 e. The summed E-state index contributed by atoms with van der Waals surface area (Å²) in [7, 11) is 0. The van der Waals surface area contributed by atoms with Crippen LogP contribution in [0.4, 0.5) is 25.2 Å². The van der Waals surface area contributed by atoms with Crippen LogP contribution in [0.25, 0.3) is 10.6 Å². The smallest absolute Gasteiger partial charge is 0.277 e. The molecule has 0 atom stereocenters. The van der Waals surface area contributed by atoms with Gasteiger partial charge in [0, 0.05) is 18.8 Å². The van der Waals surface area contributed by atoms with Gasteiger partial charge in [-0.05, 0) is 56.2 Å². The molecule has 166 valence electrons. The van der Waals surface area contributed by atoms with E-state index in [1.165, 1.54) is 18.1 Å². The maximum atomic E-state index is 14.2. The number of nitrogens with one attached hydrogen (secondary N) is 1. The van der Waals surface area contributed by atoms with Crippen LogP contribution in [0.3, 0.4) is 0 Å². The van der Waals surface area contributed by atoms with Crippen molar-refractivity contribution in [1.29, 1.82) is 0 Å². The number of fused-ring (bicyclic) bond motifs is 1. The summed E-state index contributed by atoms with van der Waals surface area (Å²) < 4.78 is 28.4. The van der Waals surface area contributed by atoms with E-state index in [1.54, 1.807) is 6.20 Å². The fraction of sp³-hybridized carbons (Fsp3) is 0.348. The molecule has 0 saturated carbocycles. The van der Waals surface area contributed by atoms with Gasteiger partial charge in [0.15, 0.2) is 5.69 Å². The van der Waals surface area contributed by atoms with Crippen LogP contribution >= 0.6 is 11.3 Å². The Kier molecular flexibility index (Phi) is 5.50. The van der Waals surface area contributed by atoms with Crippen LogP contribution in [-0.2, 0) is 12.8 Å². The molecule has 3 N–H and O–H groups in total. The number of hydrogen-bond acceptors (Lipinski definition) is 6. The molecule has 3 aromatic rings. The molecule has 1 aromatic carbocycles. The van der Waals surface area contributed by atoms with Gasteiger partial charge in [-0.25, -0.2) is 13.8 Å². The average Bonchev–Trinajstić information content (AvgIpc) is 3.40. The quantitative estimate of drug-likeness (QED) is 0.591. The number of aryl methyl sites for hydroxylation is 1. The van der Waals surface area contributed by atoms with Gasteiger partial charge in [-0.2, -0.15) is 0 Å². The summed E-state index contributed by atoms with van der Waals surface area (Å²) in [5.74, 6) is -2.01. The van der Waals surface area contributed by atoms with Crippen molar-refractivity contribution in [2.75, 3.05) is 29.0 Å². The van der Waals surface area contributed by atoms with Crippen LogP contribution in [0.2, 0.25) is 0 Å². The zero-order valence-corrected chi connectivity index (χ0v) is 18.3. The summed E-state index contributed by atoms with van der Waals surface area (Å²) in [6, 6.07) is 3.58. The molecule has 0 spiro atoms. The Bertz CT molecular complexity index is 1170. The van der Waals surface area contributed by atoms with E-state index in [2.05, 4.69) is 20.2 Å². The first-order valence-corrected chi connectivity index (χ1v) is 11.6. The first kappa shape index (κ1) is 20.8. The van der Waals surface area contributed by atoms with Gasteiger partial charge in [0.1, 0.15) is 21.6 Å². The predicted molar refractivity (Wildman–Crippen MR) is 122 cm³/mol. The lowest BCUT2D eigenvalue weighted by Crippen LogP contribution is -2.31. The third kappa shape index (κ3) is 3.70. The highest BCUT2D eigenvalue weighted by Gasteiger charge is 2.27. The van der Waals surface area contributed by atoms with Gasteiger partial charge < -0.3 is 16.0 Å². The van der Waals surface area contributed by atoms with Crippen molar-refractivity contribution in [2.24, 2.45) is 0 Å². The molecule has 1 aliphatic heterocycles. The Balaban J connectivity index is 1.48. The van der Waals surface area contributed by atoms with Gasteiger partial charge in [-0.1, -0.05) is 17.4 Å². The van der Waals surface area contributed by atoms with E-state index in [-0.39, 0.29) is 21.3 Å². The van der Waals surface area contributed by atoms with E-state index >= 15 is 0 Å². The molecule has 1 saturated heterocycles. The van der Waals surface area contributed by atoms with Crippen LogP contribution in [0, 0.1) is 11.6 Å². The predicted octanol–water partition coefficient (Wildman–Crippen LogP) is 4.80. The number of aromatic nitrogens is 2. The molecule has 32 heavy (non-hydrogen) atoms. The number of thiazole rings is 1. The SMILES string of the molecule is Nc1sc(-c2c(F)cccc2F)nc1C(=O)Nc1cnc2c(c1N1CCCCC1)CCC2. The van der Waals surface area contributed by atoms with Crippen molar-refractivity contribution in [1.82, 2.24) is 9.97 Å². The summed E-state index contributed by atoms with van der Waals surface area (Å²) in [6.45, 7) is 1.88. The van der Waals surface area contributed by atoms with E-state index < -0.39 is 17.5 Å². The minimum atomic E-state index is -0.749. The van der Waals surface area contributed by atoms with E-state index in [4.69, 9.17) is 5.73 Å². The number of hydrogen-bond donors (Lipinski definition) is 2. The van der Waals surface area contributed by atoms with Crippen LogP contribution in [0.5, 0.6) is 0 Å². The summed E-state index contributed by atoms with van der Waals surface area (Å²) in [5.41, 5.74) is 9.66. The number of carbonyl (C=O) groups excluding carboxylic acids is 1. The molecule has 2 aromatic heterocycles. The Labute approximate surface area is 188 Å². The number of halogens is 2. The zero-order valence-electron chi connectivity index (χ0n) is 17.5. The number of rotatable bonds is 4. The zero-order chi connectivity index (χ0) is 22.2. The number of amides is 1. The second-order valence-corrected chi connectivity index (χ2v) is 9.16. The first-order valence-electron chi connectivity index (χ1n) is 10.8. The average molecular weight is 456 g/mol. The fourth-order valence-corrected chi connectivity index (χ4v) is 5.42. The molecule has 1 amide bonds. The molecular formula is C23H23F2N5OS. The summed E-state index contributed by atoms with van der Waals surface area (Å²) in [5, 5.41) is 3.06. The number of piperidine rings is 1. The molecule has 0 bridgehead atoms. The molecule has 0 radical (unpaired) electrons. The maximum absolute atomic E-state index is 14.2. The summed E-state index contributed by atoms with van der Waals surface area (Å²) >= 11 is 0.887. The second kappa shape index (κ2) is 8.46. The number of anilines is 3. The lowest BCUT2D eigenvalue weighted by Gasteiger charge is -2.32. The highest BCUT2D eigenvalue weighted by molar-refractivity contribution is 7.19. The van der Waals surface area contributed by atoms with E-state index in [0.29, 0.717) is 5.69 Å². The minimum Gasteiger partial charge on any atom is -0.389 e. The fourth-order valence-electron chi connectivity index (χ4n) is 4.55. The summed E-state index contributed by atoms with van der Waals surface area (Å²) in [4.78, 5) is 24.2. The first-order chi connectivity index (χ1) is 15.5. The number of benzene rings is 1. The van der Waals surface area contributed by atoms with Crippen molar-refractivity contribution in [2.45, 2.75) is 38.5 Å². The lowest BCUT2D eigenvalue weighted by molar-refractivity contribution is 0.102. The highest BCUT2D eigenvalue weighted by atomic mass is 32.1. The molecule has 3 heterocycles. The van der Waals surface area contributed by atoms with Gasteiger partial charge >= 0.3 is 0 Å². The van der Waals surface area contributed by atoms with Crippen molar-refractivity contribution in [3.8, 4) is 10.6 Å². The highest BCUT2D eigenvalue weighted by Crippen LogP contribution is 2.39. The normalized spacial score (nSPS) is 15.6. The van der Waals surface area contributed by atoms with E-state index in [9.17, 15) is 13.6 Å². The Hall–Kier alpha value is -3.07. The Morgan fingerprint density at radius 1 is 1.09 bits per heavy atom. The summed E-state index contributed by atoms with van der Waals surface area (Å²) in [6.07, 6.45) is 8.07. The topological polar surface area (TPSA) is 84.1 Å². The minimum absolute atomic E-state index is 0.0339. The second-order valence-electron chi connectivity index (χ2n) is 8.13. The van der Waals surface area contributed by atoms with Gasteiger partial charge in [0.2, 0.25) is 0 Å². The van der Waals surface area contributed by atoms with Gasteiger partial charge in [-0.15, -0.1) is 0 Å². The van der Waals surface area contributed by atoms with Crippen molar-refractivity contribution in [3.05, 3.63) is 53.0 Å². The Morgan fingerprint density at radius 2 is 1.84 bits per heavy atom. The monoisotopic (exact) mass is 455 g/mol. The Morgan fingerprint density at radius 3 is 2.59 bits per heavy atom. The van der Waals surface area contributed by atoms with Crippen LogP contribution < -0.4 is 16.0 Å². The standard InChI is InChI=1S/C23H23F2N5OS/c24-14-7-5-8-15(25)18(14)23-29-19(21(26)32-23)22(31)28-17-12-27-16-9-4-6-13(16)20(17)30-10-2-1-3-11-30/h5,7-8,12H,1-4,6,9-11,26H2,(H,28,31). The number of nitrogens with zero attached hydrogens (tertiary/aromatic N) is 3. The number of nitrogens with two attached hydrogens (primary N) is 1. The van der Waals surface area contributed by atoms with Crippen LogP contribution in [-0.4, -0.2) is 29.0 Å². The molecule has 0 unspecified atom stereocenters. The van der Waals surface area contributed by atoms with Crippen molar-refractivity contribution >= 4 is 33.6 Å². The van der Waals surface area contributed by atoms with Gasteiger partial charge in [0.05, 0.1) is 23.1 Å². The van der Waals surface area contributed by atoms with Crippen LogP contribution in [0.1, 0.15) is 47.4 Å². The lowest BCUT2D eigenvalue weighted by atomic mass is 10.1. The third-order valence-corrected chi connectivity index (χ3v) is 6.95. The maximum Gasteiger partial charge on any atom is 0.277 e. The third-order valence-electron chi connectivity index (χ3n) is 6.04. The molecular weight excluding hydrogens is 432 g/mol. The van der Waals surface area contributed by atoms with Crippen molar-refractivity contribution in [3.63, 3.8) is 0 Å². The van der Waals surface area contributed by atoms with Crippen molar-refractivity contribution < 1.29 is 13.6 Å². The number of pyridine rings is 1. The van der Waals surface area contributed by atoms with Crippen LogP contribution in [0.15, 0.2) is 24.4 Å².